The molecule has 0 aliphatic carbocycles. The lowest BCUT2D eigenvalue weighted by molar-refractivity contribution is -0.137. The quantitative estimate of drug-likeness (QED) is 0.389. The molecule has 194 valence electrons. The predicted molar refractivity (Wildman–Crippen MR) is 144 cm³/mol. The summed E-state index contributed by atoms with van der Waals surface area (Å²) < 4.78 is 18.1. The number of carboxylic acid groups (broad SMARTS) is 1. The molecule has 0 spiro atoms. The average Bonchev–Trinajstić information content (AvgIpc) is 3.49. The minimum atomic E-state index is -0.813. The van der Waals surface area contributed by atoms with Crippen LogP contribution in [-0.4, -0.2) is 48.3 Å². The van der Waals surface area contributed by atoms with Crippen LogP contribution in [0, 0.1) is 13.8 Å². The van der Waals surface area contributed by atoms with Gasteiger partial charge in [0.25, 0.3) is 0 Å². The maximum absolute atomic E-state index is 11.1. The molecule has 6 heteroatoms. The Morgan fingerprint density at radius 3 is 2.62 bits per heavy atom. The topological polar surface area (TPSA) is 68.2 Å². The minimum absolute atomic E-state index is 0.0734. The van der Waals surface area contributed by atoms with Crippen molar-refractivity contribution in [2.24, 2.45) is 0 Å². The lowest BCUT2D eigenvalue weighted by Gasteiger charge is -2.18. The van der Waals surface area contributed by atoms with Crippen molar-refractivity contribution in [3.8, 4) is 28.4 Å². The number of aliphatic carboxylic acids is 1. The summed E-state index contributed by atoms with van der Waals surface area (Å²) in [6, 6.07) is 18.4. The first-order valence-electron chi connectivity index (χ1n) is 13.1. The second-order valence-electron chi connectivity index (χ2n) is 10.1. The number of hydrogen-bond donors (Lipinski definition) is 1. The second-order valence-corrected chi connectivity index (χ2v) is 10.1. The van der Waals surface area contributed by atoms with Crippen LogP contribution in [0.4, 0.5) is 0 Å². The van der Waals surface area contributed by atoms with Gasteiger partial charge in [0.2, 0.25) is 0 Å². The lowest BCUT2D eigenvalue weighted by Crippen LogP contribution is -2.24. The summed E-state index contributed by atoms with van der Waals surface area (Å²) in [5, 5.41) is 9.10. The van der Waals surface area contributed by atoms with Gasteiger partial charge in [0.15, 0.2) is 0 Å². The van der Waals surface area contributed by atoms with Crippen molar-refractivity contribution in [1.29, 1.82) is 0 Å². The third-order valence-electron chi connectivity index (χ3n) is 7.39. The number of likely N-dealkylation sites (N-methyl/N-ethyl adjacent to an activating group) is 1. The van der Waals surface area contributed by atoms with Crippen LogP contribution in [0.15, 0.2) is 54.6 Å². The number of ether oxygens (including phenoxy) is 3. The van der Waals surface area contributed by atoms with Gasteiger partial charge in [-0.1, -0.05) is 31.2 Å². The molecule has 0 unspecified atom stereocenters. The monoisotopic (exact) mass is 501 g/mol. The molecule has 1 fully saturated rings. The summed E-state index contributed by atoms with van der Waals surface area (Å²) >= 11 is 0. The van der Waals surface area contributed by atoms with Crippen molar-refractivity contribution in [1.82, 2.24) is 4.90 Å². The van der Waals surface area contributed by atoms with E-state index < -0.39 is 5.97 Å². The molecular formula is C31H35NO5. The zero-order valence-corrected chi connectivity index (χ0v) is 21.8. The van der Waals surface area contributed by atoms with Crippen molar-refractivity contribution in [3.63, 3.8) is 0 Å². The molecule has 37 heavy (non-hydrogen) atoms. The third kappa shape index (κ3) is 5.75. The highest BCUT2D eigenvalue weighted by Gasteiger charge is 2.27. The largest absolute Gasteiger partial charge is 0.492 e. The number of carbonyl (C=O) groups is 1. The summed E-state index contributed by atoms with van der Waals surface area (Å²) in [5.74, 6) is 1.45. The van der Waals surface area contributed by atoms with Crippen LogP contribution in [0.2, 0.25) is 0 Å². The van der Waals surface area contributed by atoms with Gasteiger partial charge in [-0.25, -0.2) is 0 Å². The number of carboxylic acids is 1. The van der Waals surface area contributed by atoms with E-state index in [1.165, 1.54) is 16.7 Å². The first kappa shape index (κ1) is 25.2. The van der Waals surface area contributed by atoms with Gasteiger partial charge in [-0.2, -0.15) is 0 Å². The Morgan fingerprint density at radius 1 is 1.08 bits per heavy atom. The number of fused-ring (bicyclic) bond motifs is 1. The van der Waals surface area contributed by atoms with Gasteiger partial charge in [-0.15, -0.1) is 0 Å². The van der Waals surface area contributed by atoms with E-state index in [1.54, 1.807) is 0 Å². The van der Waals surface area contributed by atoms with Crippen molar-refractivity contribution in [3.05, 3.63) is 76.9 Å². The predicted octanol–water partition coefficient (Wildman–Crippen LogP) is 5.97. The smallest absolute Gasteiger partial charge is 0.304 e. The van der Waals surface area contributed by atoms with E-state index in [2.05, 4.69) is 62.1 Å². The normalized spacial score (nSPS) is 18.9. The summed E-state index contributed by atoms with van der Waals surface area (Å²) in [6.07, 6.45) is 1.41. The Morgan fingerprint density at radius 2 is 1.89 bits per heavy atom. The molecule has 2 heterocycles. The maximum atomic E-state index is 11.1. The molecule has 1 saturated heterocycles. The van der Waals surface area contributed by atoms with Crippen LogP contribution < -0.4 is 14.2 Å². The fourth-order valence-electron chi connectivity index (χ4n) is 5.53. The first-order chi connectivity index (χ1) is 17.9. The van der Waals surface area contributed by atoms with Gasteiger partial charge in [0.1, 0.15) is 30.0 Å². The van der Waals surface area contributed by atoms with Crippen LogP contribution in [0.1, 0.15) is 47.9 Å². The molecule has 0 amide bonds. The van der Waals surface area contributed by atoms with Crippen molar-refractivity contribution in [2.45, 2.75) is 52.2 Å². The Labute approximate surface area is 218 Å². The Kier molecular flexibility index (Phi) is 7.38. The average molecular weight is 502 g/mol. The molecule has 2 aliphatic heterocycles. The number of aryl methyl sites for hydroxylation is 2. The number of nitrogens with zero attached hydrogens (tertiary/aromatic N) is 1. The Bertz CT molecular complexity index is 1260. The molecule has 0 saturated carbocycles. The van der Waals surface area contributed by atoms with Crippen LogP contribution in [0.25, 0.3) is 11.1 Å². The van der Waals surface area contributed by atoms with E-state index in [1.807, 2.05) is 18.2 Å². The second kappa shape index (κ2) is 10.9. The molecule has 3 aromatic rings. The van der Waals surface area contributed by atoms with E-state index in [0.717, 1.165) is 48.5 Å². The summed E-state index contributed by atoms with van der Waals surface area (Å²) in [6.45, 7) is 10.5. The standard InChI is InChI=1S/C31H35NO5/c1-4-32-11-10-26(17-32)37-27-12-20(2)31(21(3)13-27)23-7-5-6-22(14-23)18-35-25-8-9-28-24(15-30(33)34)19-36-29(28)16-25/h5-9,12-14,16,24,26H,4,10-11,15,17-19H2,1-3H3,(H,33,34)/t24-,26+/m1/s1. The lowest BCUT2D eigenvalue weighted by atomic mass is 9.94. The van der Waals surface area contributed by atoms with Crippen LogP contribution in [0.5, 0.6) is 17.2 Å². The molecule has 6 nitrogen and oxygen atoms in total. The van der Waals surface area contributed by atoms with Gasteiger partial charge in [-0.05, 0) is 78.9 Å². The van der Waals surface area contributed by atoms with E-state index in [9.17, 15) is 4.79 Å². The number of hydrogen-bond acceptors (Lipinski definition) is 5. The third-order valence-corrected chi connectivity index (χ3v) is 7.39. The molecule has 1 N–H and O–H groups in total. The molecule has 3 aromatic carbocycles. The summed E-state index contributed by atoms with van der Waals surface area (Å²) in [4.78, 5) is 13.5. The Hall–Kier alpha value is -3.51. The van der Waals surface area contributed by atoms with Gasteiger partial charge in [0, 0.05) is 30.6 Å². The van der Waals surface area contributed by atoms with Gasteiger partial charge in [0.05, 0.1) is 13.0 Å². The Balaban J connectivity index is 1.26. The maximum Gasteiger partial charge on any atom is 0.304 e. The zero-order chi connectivity index (χ0) is 25.9. The zero-order valence-electron chi connectivity index (χ0n) is 21.8. The highest BCUT2D eigenvalue weighted by atomic mass is 16.5. The first-order valence-corrected chi connectivity index (χ1v) is 13.1. The van der Waals surface area contributed by atoms with Crippen molar-refractivity contribution >= 4 is 5.97 Å². The molecule has 2 atom stereocenters. The fraction of sp³-hybridized carbons (Fsp3) is 0.387. The minimum Gasteiger partial charge on any atom is -0.492 e. The molecular weight excluding hydrogens is 466 g/mol. The molecule has 2 aliphatic rings. The van der Waals surface area contributed by atoms with Gasteiger partial charge >= 0.3 is 5.97 Å². The van der Waals surface area contributed by atoms with Crippen molar-refractivity contribution in [2.75, 3.05) is 26.2 Å². The molecule has 0 radical (unpaired) electrons. The molecule has 0 bridgehead atoms. The van der Waals surface area contributed by atoms with Gasteiger partial charge in [-0.3, -0.25) is 9.69 Å². The summed E-state index contributed by atoms with van der Waals surface area (Å²) in [5.41, 5.74) is 6.80. The van der Waals surface area contributed by atoms with Crippen LogP contribution in [0.3, 0.4) is 0 Å². The highest BCUT2D eigenvalue weighted by Crippen LogP contribution is 2.38. The van der Waals surface area contributed by atoms with Crippen LogP contribution in [-0.2, 0) is 11.4 Å². The van der Waals surface area contributed by atoms with E-state index >= 15 is 0 Å². The number of benzene rings is 3. The van der Waals surface area contributed by atoms with Gasteiger partial charge < -0.3 is 19.3 Å². The molecule has 0 aromatic heterocycles. The highest BCUT2D eigenvalue weighted by molar-refractivity contribution is 5.72. The fourth-order valence-corrected chi connectivity index (χ4v) is 5.53. The van der Waals surface area contributed by atoms with Crippen LogP contribution >= 0.6 is 0 Å². The molecule has 5 rings (SSSR count). The van der Waals surface area contributed by atoms with Crippen molar-refractivity contribution < 1.29 is 24.1 Å². The van der Waals surface area contributed by atoms with E-state index in [0.29, 0.717) is 24.7 Å². The van der Waals surface area contributed by atoms with E-state index in [4.69, 9.17) is 19.3 Å². The SMILES string of the molecule is CCN1CC[C@H](Oc2cc(C)c(-c3cccc(COc4ccc5c(c4)OC[C@H]5CC(=O)O)c3)c(C)c2)C1. The van der Waals surface area contributed by atoms with E-state index in [-0.39, 0.29) is 18.4 Å². The number of rotatable bonds is 9. The number of likely N-dealkylation sites (tertiary alicyclic amines) is 1. The summed E-state index contributed by atoms with van der Waals surface area (Å²) in [7, 11) is 0.